The van der Waals surface area contributed by atoms with Gasteiger partial charge in [-0.1, -0.05) is 0 Å². The van der Waals surface area contributed by atoms with Crippen LogP contribution in [0.1, 0.15) is 17.4 Å². The molecule has 19 heavy (non-hydrogen) atoms. The molecule has 0 saturated heterocycles. The van der Waals surface area contributed by atoms with Gasteiger partial charge in [0.1, 0.15) is 11.4 Å². The number of H-pyrrole nitrogens is 1. The first-order chi connectivity index (χ1) is 9.06. The van der Waals surface area contributed by atoms with E-state index >= 15 is 0 Å². The third-order valence-electron chi connectivity index (χ3n) is 2.60. The number of nitro groups is 1. The van der Waals surface area contributed by atoms with E-state index in [-0.39, 0.29) is 18.0 Å². The smallest absolute Gasteiger partial charge is 0.354 e. The first kappa shape index (κ1) is 12.9. The maximum Gasteiger partial charge on any atom is 0.354 e. The molecule has 7 nitrogen and oxygen atoms in total. The molecule has 7 heteroatoms. The predicted molar refractivity (Wildman–Crippen MR) is 67.5 cm³/mol. The second-order valence-electron chi connectivity index (χ2n) is 3.77. The van der Waals surface area contributed by atoms with Gasteiger partial charge in [-0.15, -0.1) is 0 Å². The van der Waals surface area contributed by atoms with Crippen LogP contribution >= 0.6 is 0 Å². The van der Waals surface area contributed by atoms with Crippen LogP contribution in [0.4, 0.5) is 5.69 Å². The van der Waals surface area contributed by atoms with Gasteiger partial charge in [-0.25, -0.2) is 4.79 Å². The molecule has 0 bridgehead atoms. The van der Waals surface area contributed by atoms with Gasteiger partial charge >= 0.3 is 5.97 Å². The summed E-state index contributed by atoms with van der Waals surface area (Å²) in [6.45, 7) is 1.96. The fourth-order valence-electron chi connectivity index (χ4n) is 1.78. The van der Waals surface area contributed by atoms with Gasteiger partial charge in [0, 0.05) is 11.5 Å². The van der Waals surface area contributed by atoms with Gasteiger partial charge in [-0.2, -0.15) is 0 Å². The number of nitro benzene ring substituents is 1. The van der Waals surface area contributed by atoms with Gasteiger partial charge in [-0.3, -0.25) is 10.1 Å². The average Bonchev–Trinajstić information content (AvgIpc) is 2.81. The van der Waals surface area contributed by atoms with Gasteiger partial charge in [0.25, 0.3) is 5.69 Å². The zero-order valence-electron chi connectivity index (χ0n) is 10.4. The number of aromatic amines is 1. The van der Waals surface area contributed by atoms with Crippen molar-refractivity contribution in [2.24, 2.45) is 0 Å². The number of esters is 1. The summed E-state index contributed by atoms with van der Waals surface area (Å²) in [5, 5.41) is 11.3. The number of nitrogens with zero attached hydrogens (tertiary/aromatic N) is 1. The maximum absolute atomic E-state index is 11.6. The summed E-state index contributed by atoms with van der Waals surface area (Å²) in [4.78, 5) is 24.7. The second-order valence-corrected chi connectivity index (χ2v) is 3.77. The number of ether oxygens (including phenoxy) is 2. The summed E-state index contributed by atoms with van der Waals surface area (Å²) >= 11 is 0. The van der Waals surface area contributed by atoms with Crippen LogP contribution in [-0.4, -0.2) is 29.6 Å². The number of non-ortho nitro benzene ring substituents is 1. The van der Waals surface area contributed by atoms with Crippen molar-refractivity contribution in [3.05, 3.63) is 34.0 Å². The number of fused-ring (bicyclic) bond motifs is 1. The summed E-state index contributed by atoms with van der Waals surface area (Å²) in [5.41, 5.74) is 0.658. The number of hydrogen-bond donors (Lipinski definition) is 1. The highest BCUT2D eigenvalue weighted by atomic mass is 16.6. The van der Waals surface area contributed by atoms with Gasteiger partial charge in [0.2, 0.25) is 0 Å². The molecular weight excluding hydrogens is 252 g/mol. The van der Waals surface area contributed by atoms with Gasteiger partial charge < -0.3 is 14.5 Å². The lowest BCUT2D eigenvalue weighted by Crippen LogP contribution is -2.04. The molecular formula is C12H12N2O5. The number of carbonyl (C=O) groups is 1. The van der Waals surface area contributed by atoms with Crippen LogP contribution in [0, 0.1) is 10.1 Å². The zero-order valence-corrected chi connectivity index (χ0v) is 10.4. The highest BCUT2D eigenvalue weighted by Gasteiger charge is 2.17. The summed E-state index contributed by atoms with van der Waals surface area (Å²) in [6, 6.07) is 4.17. The third-order valence-corrected chi connectivity index (χ3v) is 2.60. The number of methoxy groups -OCH3 is 1. The minimum Gasteiger partial charge on any atom is -0.494 e. The van der Waals surface area contributed by atoms with Crippen LogP contribution in [-0.2, 0) is 4.74 Å². The molecule has 0 aliphatic heterocycles. The van der Waals surface area contributed by atoms with E-state index < -0.39 is 10.9 Å². The third kappa shape index (κ3) is 2.35. The normalized spacial score (nSPS) is 10.4. The lowest BCUT2D eigenvalue weighted by atomic mass is 10.2. The number of hydrogen-bond acceptors (Lipinski definition) is 5. The minimum absolute atomic E-state index is 0.0984. The van der Waals surface area contributed by atoms with Crippen molar-refractivity contribution in [1.82, 2.24) is 4.98 Å². The molecule has 0 aliphatic carbocycles. The number of carbonyl (C=O) groups excluding carboxylic acids is 1. The van der Waals surface area contributed by atoms with Crippen molar-refractivity contribution in [2.75, 3.05) is 13.7 Å². The Morgan fingerprint density at radius 3 is 2.74 bits per heavy atom. The van der Waals surface area contributed by atoms with E-state index in [1.54, 1.807) is 6.92 Å². The fourth-order valence-corrected chi connectivity index (χ4v) is 1.78. The van der Waals surface area contributed by atoms with Crippen molar-refractivity contribution in [2.45, 2.75) is 6.92 Å². The Kier molecular flexibility index (Phi) is 3.37. The molecule has 1 N–H and O–H groups in total. The summed E-state index contributed by atoms with van der Waals surface area (Å²) in [5.74, 6) is -0.205. The van der Waals surface area contributed by atoms with E-state index in [4.69, 9.17) is 9.47 Å². The van der Waals surface area contributed by atoms with Gasteiger partial charge in [0.05, 0.1) is 30.2 Å². The maximum atomic E-state index is 11.6. The highest BCUT2D eigenvalue weighted by Crippen LogP contribution is 2.31. The average molecular weight is 264 g/mol. The Bertz CT molecular complexity index is 647. The molecule has 2 aromatic rings. The van der Waals surface area contributed by atoms with Crippen LogP contribution in [0.5, 0.6) is 5.75 Å². The topological polar surface area (TPSA) is 94.5 Å². The fraction of sp³-hybridized carbons (Fsp3) is 0.250. The summed E-state index contributed by atoms with van der Waals surface area (Å²) in [7, 11) is 1.41. The monoisotopic (exact) mass is 264 g/mol. The lowest BCUT2D eigenvalue weighted by Gasteiger charge is -2.01. The van der Waals surface area contributed by atoms with Crippen molar-refractivity contribution in [3.63, 3.8) is 0 Å². The molecule has 0 unspecified atom stereocenters. The SMILES string of the molecule is CCOC(=O)c1cc2cc([N+](=O)[O-])cc(OC)c2[nH]1. The Morgan fingerprint density at radius 2 is 2.16 bits per heavy atom. The predicted octanol–water partition coefficient (Wildman–Crippen LogP) is 2.26. The Balaban J connectivity index is 2.57. The Hall–Kier alpha value is -2.57. The Labute approximate surface area is 108 Å². The van der Waals surface area contributed by atoms with E-state index in [2.05, 4.69) is 4.98 Å². The van der Waals surface area contributed by atoms with Crippen molar-refractivity contribution in [3.8, 4) is 5.75 Å². The molecule has 0 aliphatic rings. The molecule has 0 amide bonds. The second kappa shape index (κ2) is 4.97. The highest BCUT2D eigenvalue weighted by molar-refractivity contribution is 5.97. The van der Waals surface area contributed by atoms with E-state index in [1.807, 2.05) is 0 Å². The minimum atomic E-state index is -0.515. The van der Waals surface area contributed by atoms with Crippen molar-refractivity contribution in [1.29, 1.82) is 0 Å². The van der Waals surface area contributed by atoms with E-state index in [1.165, 1.54) is 25.3 Å². The molecule has 1 heterocycles. The van der Waals surface area contributed by atoms with Gasteiger partial charge in [-0.05, 0) is 13.0 Å². The van der Waals surface area contributed by atoms with E-state index in [0.717, 1.165) is 0 Å². The quantitative estimate of drug-likeness (QED) is 0.519. The van der Waals surface area contributed by atoms with Crippen LogP contribution in [0.3, 0.4) is 0 Å². The number of aromatic nitrogens is 1. The van der Waals surface area contributed by atoms with Crippen LogP contribution in [0.15, 0.2) is 18.2 Å². The van der Waals surface area contributed by atoms with E-state index in [9.17, 15) is 14.9 Å². The number of benzene rings is 1. The first-order valence-corrected chi connectivity index (χ1v) is 5.59. The summed E-state index contributed by atoms with van der Waals surface area (Å²) < 4.78 is 9.95. The summed E-state index contributed by atoms with van der Waals surface area (Å²) in [6.07, 6.45) is 0. The van der Waals surface area contributed by atoms with Crippen LogP contribution in [0.2, 0.25) is 0 Å². The largest absolute Gasteiger partial charge is 0.494 e. The molecule has 0 fully saturated rings. The lowest BCUT2D eigenvalue weighted by molar-refractivity contribution is -0.384. The van der Waals surface area contributed by atoms with E-state index in [0.29, 0.717) is 16.7 Å². The van der Waals surface area contributed by atoms with Crippen molar-refractivity contribution >= 4 is 22.6 Å². The zero-order chi connectivity index (χ0) is 14.0. The molecule has 0 atom stereocenters. The molecule has 0 spiro atoms. The molecule has 2 rings (SSSR count). The standard InChI is InChI=1S/C12H12N2O5/c1-3-19-12(15)9-5-7-4-8(14(16)17)6-10(18-2)11(7)13-9/h4-6,13H,3H2,1-2H3. The first-order valence-electron chi connectivity index (χ1n) is 5.59. The molecule has 100 valence electrons. The van der Waals surface area contributed by atoms with Crippen molar-refractivity contribution < 1.29 is 19.2 Å². The molecule has 1 aromatic carbocycles. The molecule has 0 saturated carbocycles. The van der Waals surface area contributed by atoms with Crippen LogP contribution < -0.4 is 4.74 Å². The number of rotatable bonds is 4. The number of nitrogens with one attached hydrogen (secondary N) is 1. The van der Waals surface area contributed by atoms with Crippen LogP contribution in [0.25, 0.3) is 10.9 Å². The van der Waals surface area contributed by atoms with Gasteiger partial charge in [0.15, 0.2) is 0 Å². The Morgan fingerprint density at radius 1 is 1.42 bits per heavy atom. The molecule has 0 radical (unpaired) electrons. The molecule has 1 aromatic heterocycles.